The van der Waals surface area contributed by atoms with Crippen molar-refractivity contribution in [3.8, 4) is 0 Å². The van der Waals surface area contributed by atoms with Crippen LogP contribution in [-0.2, 0) is 0 Å². The summed E-state index contributed by atoms with van der Waals surface area (Å²) in [6.07, 6.45) is 11.9. The first-order valence-corrected chi connectivity index (χ1v) is 6.42. The van der Waals surface area contributed by atoms with Crippen molar-refractivity contribution in [1.29, 1.82) is 0 Å². The van der Waals surface area contributed by atoms with Crippen molar-refractivity contribution in [2.75, 3.05) is 0 Å². The second-order valence-electron chi connectivity index (χ2n) is 6.16. The van der Waals surface area contributed by atoms with E-state index in [9.17, 15) is 0 Å². The van der Waals surface area contributed by atoms with E-state index in [-0.39, 0.29) is 0 Å². The quantitative estimate of drug-likeness (QED) is 0.486. The molecule has 2 aliphatic rings. The second kappa shape index (κ2) is 4.15. The summed E-state index contributed by atoms with van der Waals surface area (Å²) in [6.45, 7) is 7.12. The summed E-state index contributed by atoms with van der Waals surface area (Å²) >= 11 is 0. The molecule has 15 heavy (non-hydrogen) atoms. The summed E-state index contributed by atoms with van der Waals surface area (Å²) in [5, 5.41) is 0. The van der Waals surface area contributed by atoms with Gasteiger partial charge in [0.2, 0.25) is 0 Å². The van der Waals surface area contributed by atoms with E-state index < -0.39 is 0 Å². The maximum atomic E-state index is 2.44. The van der Waals surface area contributed by atoms with Crippen LogP contribution in [0, 0.1) is 5.41 Å². The molecule has 0 saturated heterocycles. The molecule has 0 amide bonds. The fourth-order valence-corrected chi connectivity index (χ4v) is 3.01. The van der Waals surface area contributed by atoms with E-state index in [1.807, 2.05) is 0 Å². The Morgan fingerprint density at radius 2 is 1.87 bits per heavy atom. The Morgan fingerprint density at radius 1 is 1.07 bits per heavy atom. The molecule has 0 unspecified atom stereocenters. The van der Waals surface area contributed by atoms with Crippen LogP contribution >= 0.6 is 0 Å². The van der Waals surface area contributed by atoms with E-state index in [2.05, 4.69) is 26.8 Å². The van der Waals surface area contributed by atoms with E-state index in [1.54, 1.807) is 16.7 Å². The summed E-state index contributed by atoms with van der Waals surface area (Å²) in [4.78, 5) is 0. The lowest BCUT2D eigenvalue weighted by atomic mass is 9.72. The van der Waals surface area contributed by atoms with Crippen molar-refractivity contribution in [2.45, 2.75) is 65.7 Å². The standard InChI is InChI=1S/C15H24/c1-12-6-8-13(9-7-12)14-5-4-10-15(2,3)11-14/h6H,4-5,7-11H2,1-3H3. The third-order valence-electron chi connectivity index (χ3n) is 4.04. The van der Waals surface area contributed by atoms with Gasteiger partial charge in [-0.1, -0.05) is 36.6 Å². The minimum Gasteiger partial charge on any atom is -0.0815 e. The lowest BCUT2D eigenvalue weighted by molar-refractivity contribution is 0.287. The highest BCUT2D eigenvalue weighted by Crippen LogP contribution is 2.41. The van der Waals surface area contributed by atoms with E-state index in [4.69, 9.17) is 0 Å². The lowest BCUT2D eigenvalue weighted by Gasteiger charge is -2.33. The van der Waals surface area contributed by atoms with Crippen LogP contribution < -0.4 is 0 Å². The zero-order valence-corrected chi connectivity index (χ0v) is 10.5. The van der Waals surface area contributed by atoms with Crippen molar-refractivity contribution in [3.63, 3.8) is 0 Å². The van der Waals surface area contributed by atoms with E-state index in [0.717, 1.165) is 0 Å². The Kier molecular flexibility index (Phi) is 3.04. The van der Waals surface area contributed by atoms with Crippen LogP contribution in [0.25, 0.3) is 0 Å². The van der Waals surface area contributed by atoms with Crippen LogP contribution in [-0.4, -0.2) is 0 Å². The van der Waals surface area contributed by atoms with Crippen molar-refractivity contribution >= 4 is 0 Å². The SMILES string of the molecule is CC1=CCC(=C2CCCC(C)(C)C2)CC1. The molecule has 0 spiro atoms. The van der Waals surface area contributed by atoms with Gasteiger partial charge in [0.05, 0.1) is 0 Å². The first-order valence-electron chi connectivity index (χ1n) is 6.42. The van der Waals surface area contributed by atoms with Gasteiger partial charge in [0.1, 0.15) is 0 Å². The number of rotatable bonds is 0. The molecule has 0 aromatic rings. The molecule has 1 fully saturated rings. The van der Waals surface area contributed by atoms with Gasteiger partial charge in [-0.15, -0.1) is 0 Å². The highest BCUT2D eigenvalue weighted by atomic mass is 14.3. The van der Waals surface area contributed by atoms with Gasteiger partial charge in [-0.05, 0) is 57.3 Å². The van der Waals surface area contributed by atoms with Gasteiger partial charge in [0, 0.05) is 0 Å². The average molecular weight is 204 g/mol. The topological polar surface area (TPSA) is 0 Å². The third kappa shape index (κ3) is 2.74. The van der Waals surface area contributed by atoms with Gasteiger partial charge in [0.25, 0.3) is 0 Å². The molecule has 0 aromatic heterocycles. The number of hydrogen-bond acceptors (Lipinski definition) is 0. The van der Waals surface area contributed by atoms with Crippen LogP contribution in [0.4, 0.5) is 0 Å². The van der Waals surface area contributed by atoms with E-state index in [0.29, 0.717) is 5.41 Å². The zero-order chi connectivity index (χ0) is 10.9. The lowest BCUT2D eigenvalue weighted by Crippen LogP contribution is -2.18. The van der Waals surface area contributed by atoms with Crippen molar-refractivity contribution < 1.29 is 0 Å². The van der Waals surface area contributed by atoms with Gasteiger partial charge in [-0.25, -0.2) is 0 Å². The van der Waals surface area contributed by atoms with Crippen LogP contribution in [0.15, 0.2) is 22.8 Å². The highest BCUT2D eigenvalue weighted by molar-refractivity contribution is 5.25. The van der Waals surface area contributed by atoms with Crippen LogP contribution in [0.2, 0.25) is 0 Å². The van der Waals surface area contributed by atoms with Crippen LogP contribution in [0.5, 0.6) is 0 Å². The fourth-order valence-electron chi connectivity index (χ4n) is 3.01. The minimum absolute atomic E-state index is 0.566. The molecule has 0 radical (unpaired) electrons. The smallest absolute Gasteiger partial charge is 0.0133 e. The second-order valence-corrected chi connectivity index (χ2v) is 6.16. The third-order valence-corrected chi connectivity index (χ3v) is 4.04. The molecule has 0 aromatic carbocycles. The predicted octanol–water partition coefficient (Wildman–Crippen LogP) is 5.01. The summed E-state index contributed by atoms with van der Waals surface area (Å²) in [6, 6.07) is 0. The molecule has 1 saturated carbocycles. The van der Waals surface area contributed by atoms with Crippen molar-refractivity contribution in [3.05, 3.63) is 22.8 Å². The van der Waals surface area contributed by atoms with E-state index >= 15 is 0 Å². The number of hydrogen-bond donors (Lipinski definition) is 0. The molecule has 0 heterocycles. The Balaban J connectivity index is 2.12. The van der Waals surface area contributed by atoms with Crippen molar-refractivity contribution in [1.82, 2.24) is 0 Å². The molecule has 0 N–H and O–H groups in total. The number of allylic oxidation sites excluding steroid dienone is 4. The molecular formula is C15H24. The molecule has 2 aliphatic carbocycles. The molecular weight excluding hydrogens is 180 g/mol. The Morgan fingerprint density at radius 3 is 2.47 bits per heavy atom. The monoisotopic (exact) mass is 204 g/mol. The predicted molar refractivity (Wildman–Crippen MR) is 66.9 cm³/mol. The summed E-state index contributed by atoms with van der Waals surface area (Å²) < 4.78 is 0. The molecule has 2 rings (SSSR count). The van der Waals surface area contributed by atoms with Gasteiger partial charge in [0.15, 0.2) is 0 Å². The first kappa shape index (κ1) is 11.0. The zero-order valence-electron chi connectivity index (χ0n) is 10.5. The largest absolute Gasteiger partial charge is 0.0815 e. The first-order chi connectivity index (χ1) is 7.07. The molecule has 0 heteroatoms. The highest BCUT2D eigenvalue weighted by Gasteiger charge is 2.25. The summed E-state index contributed by atoms with van der Waals surface area (Å²) in [7, 11) is 0. The maximum absolute atomic E-state index is 2.44. The molecule has 84 valence electrons. The van der Waals surface area contributed by atoms with Crippen molar-refractivity contribution in [2.24, 2.45) is 5.41 Å². The van der Waals surface area contributed by atoms with Gasteiger partial charge in [-0.3, -0.25) is 0 Å². The average Bonchev–Trinajstić information content (AvgIpc) is 2.17. The van der Waals surface area contributed by atoms with Gasteiger partial charge < -0.3 is 0 Å². The van der Waals surface area contributed by atoms with E-state index in [1.165, 1.54) is 44.9 Å². The van der Waals surface area contributed by atoms with Crippen LogP contribution in [0.3, 0.4) is 0 Å². The van der Waals surface area contributed by atoms with Gasteiger partial charge in [-0.2, -0.15) is 0 Å². The molecule has 0 nitrogen and oxygen atoms in total. The van der Waals surface area contributed by atoms with Gasteiger partial charge >= 0.3 is 0 Å². The normalized spacial score (nSPS) is 31.3. The van der Waals surface area contributed by atoms with Crippen LogP contribution in [0.1, 0.15) is 65.7 Å². The Labute approximate surface area is 94.5 Å². The Bertz CT molecular complexity index is 302. The fraction of sp³-hybridized carbons (Fsp3) is 0.733. The molecule has 0 bridgehead atoms. The minimum atomic E-state index is 0.566. The maximum Gasteiger partial charge on any atom is -0.0133 e. The summed E-state index contributed by atoms with van der Waals surface area (Å²) in [5.74, 6) is 0. The molecule has 0 atom stereocenters. The Hall–Kier alpha value is -0.520. The summed E-state index contributed by atoms with van der Waals surface area (Å²) in [5.41, 5.74) is 5.73. The molecule has 0 aliphatic heterocycles.